The van der Waals surface area contributed by atoms with E-state index in [-0.39, 0.29) is 24.0 Å². The number of likely N-dealkylation sites (tertiary alicyclic amines) is 1. The molecule has 1 aliphatic heterocycles. The number of halogens is 5. The van der Waals surface area contributed by atoms with Crippen LogP contribution in [0.3, 0.4) is 0 Å². The van der Waals surface area contributed by atoms with Crippen LogP contribution in [0.1, 0.15) is 28.8 Å². The van der Waals surface area contributed by atoms with Gasteiger partial charge in [0, 0.05) is 23.7 Å². The Hall–Kier alpha value is -3.14. The van der Waals surface area contributed by atoms with E-state index < -0.39 is 47.6 Å². The molecule has 33 heavy (non-hydrogen) atoms. The van der Waals surface area contributed by atoms with E-state index in [4.69, 9.17) is 16.3 Å². The van der Waals surface area contributed by atoms with E-state index in [0.29, 0.717) is 24.5 Å². The first-order chi connectivity index (χ1) is 15.5. The molecule has 0 atom stereocenters. The van der Waals surface area contributed by atoms with Gasteiger partial charge < -0.3 is 15.0 Å². The van der Waals surface area contributed by atoms with Crippen molar-refractivity contribution >= 4 is 35.1 Å². The second-order valence-corrected chi connectivity index (χ2v) is 7.85. The highest BCUT2D eigenvalue weighted by Gasteiger charge is 2.34. The van der Waals surface area contributed by atoms with Gasteiger partial charge in [-0.15, -0.1) is 0 Å². The lowest BCUT2D eigenvalue weighted by molar-refractivity contribution is -0.153. The molecule has 6 nitrogen and oxygen atoms in total. The number of nitrogens with zero attached hydrogens (tertiary/aromatic N) is 1. The maximum atomic E-state index is 13.1. The van der Waals surface area contributed by atoms with Crippen LogP contribution in [0.25, 0.3) is 0 Å². The van der Waals surface area contributed by atoms with E-state index in [2.05, 4.69) is 5.32 Å². The fourth-order valence-electron chi connectivity index (χ4n) is 3.39. The van der Waals surface area contributed by atoms with Crippen molar-refractivity contribution in [3.05, 3.63) is 64.4 Å². The highest BCUT2D eigenvalue weighted by Crippen LogP contribution is 2.36. The second kappa shape index (κ2) is 10.2. The SMILES string of the molecule is O=C(COC(=O)C1CCN(C(=O)c2ccc(F)cc2)CC1)Nc1ccc(Cl)cc1C(F)(F)F. The number of rotatable bonds is 5. The van der Waals surface area contributed by atoms with Crippen molar-refractivity contribution < 1.29 is 36.7 Å². The summed E-state index contributed by atoms with van der Waals surface area (Å²) in [6, 6.07) is 8.01. The Labute approximate surface area is 191 Å². The maximum absolute atomic E-state index is 13.1. The van der Waals surface area contributed by atoms with E-state index in [1.165, 1.54) is 35.2 Å². The lowest BCUT2D eigenvalue weighted by atomic mass is 9.96. The van der Waals surface area contributed by atoms with Gasteiger partial charge in [-0.05, 0) is 55.3 Å². The van der Waals surface area contributed by atoms with Gasteiger partial charge in [0.05, 0.1) is 17.2 Å². The molecule has 0 aromatic heterocycles. The molecule has 0 unspecified atom stereocenters. The number of ether oxygens (including phenoxy) is 1. The Morgan fingerprint density at radius 2 is 1.70 bits per heavy atom. The van der Waals surface area contributed by atoms with E-state index in [0.717, 1.165) is 6.07 Å². The normalized spacial score (nSPS) is 14.6. The average Bonchev–Trinajstić information content (AvgIpc) is 2.78. The number of anilines is 1. The van der Waals surface area contributed by atoms with Gasteiger partial charge in [-0.25, -0.2) is 4.39 Å². The van der Waals surface area contributed by atoms with Crippen LogP contribution in [0.2, 0.25) is 5.02 Å². The number of carbonyl (C=O) groups is 3. The molecule has 1 saturated heterocycles. The van der Waals surface area contributed by atoms with E-state index in [9.17, 15) is 31.9 Å². The van der Waals surface area contributed by atoms with Crippen LogP contribution in [0.15, 0.2) is 42.5 Å². The predicted octanol–water partition coefficient (Wildman–Crippen LogP) is 4.53. The van der Waals surface area contributed by atoms with E-state index in [1.54, 1.807) is 0 Å². The quantitative estimate of drug-likeness (QED) is 0.497. The summed E-state index contributed by atoms with van der Waals surface area (Å²) in [6.45, 7) is -0.225. The van der Waals surface area contributed by atoms with Gasteiger partial charge >= 0.3 is 12.1 Å². The first kappa shape index (κ1) is 24.5. The zero-order valence-electron chi connectivity index (χ0n) is 17.1. The smallest absolute Gasteiger partial charge is 0.418 e. The number of alkyl halides is 3. The molecule has 1 aliphatic rings. The number of hydrogen-bond acceptors (Lipinski definition) is 4. The lowest BCUT2D eigenvalue weighted by Crippen LogP contribution is -2.41. The maximum Gasteiger partial charge on any atom is 0.418 e. The fraction of sp³-hybridized carbons (Fsp3) is 0.318. The molecule has 0 radical (unpaired) electrons. The first-order valence-corrected chi connectivity index (χ1v) is 10.3. The Kier molecular flexibility index (Phi) is 7.57. The number of esters is 1. The molecule has 2 amide bonds. The molecule has 11 heteroatoms. The molecule has 2 aromatic rings. The zero-order valence-corrected chi connectivity index (χ0v) is 17.9. The molecule has 1 fully saturated rings. The van der Waals surface area contributed by atoms with Crippen molar-refractivity contribution in [1.29, 1.82) is 0 Å². The summed E-state index contributed by atoms with van der Waals surface area (Å²) in [5, 5.41) is 1.93. The van der Waals surface area contributed by atoms with Gasteiger partial charge in [0.1, 0.15) is 5.82 Å². The van der Waals surface area contributed by atoms with E-state index in [1.807, 2.05) is 0 Å². The van der Waals surface area contributed by atoms with Gasteiger partial charge in [-0.1, -0.05) is 11.6 Å². The number of piperidine rings is 1. The van der Waals surface area contributed by atoms with Crippen LogP contribution in [0.5, 0.6) is 0 Å². The molecule has 0 bridgehead atoms. The monoisotopic (exact) mass is 486 g/mol. The number of amides is 2. The Morgan fingerprint density at radius 3 is 2.30 bits per heavy atom. The van der Waals surface area contributed by atoms with Crippen molar-refractivity contribution in [2.24, 2.45) is 5.92 Å². The van der Waals surface area contributed by atoms with Gasteiger partial charge in [-0.2, -0.15) is 13.2 Å². The third kappa shape index (κ3) is 6.44. The van der Waals surface area contributed by atoms with Crippen molar-refractivity contribution in [3.63, 3.8) is 0 Å². The average molecular weight is 487 g/mol. The van der Waals surface area contributed by atoms with Crippen molar-refractivity contribution in [2.45, 2.75) is 19.0 Å². The third-order valence-electron chi connectivity index (χ3n) is 5.11. The molecule has 1 heterocycles. The summed E-state index contributed by atoms with van der Waals surface area (Å²) in [5.74, 6) is -2.91. The number of carbonyl (C=O) groups excluding carboxylic acids is 3. The molecule has 176 valence electrons. The Balaban J connectivity index is 1.48. The van der Waals surface area contributed by atoms with Gasteiger partial charge in [0.2, 0.25) is 0 Å². The third-order valence-corrected chi connectivity index (χ3v) is 5.35. The summed E-state index contributed by atoms with van der Waals surface area (Å²) in [7, 11) is 0. The summed E-state index contributed by atoms with van der Waals surface area (Å²) >= 11 is 5.60. The standard InChI is InChI=1S/C22H19ClF4N2O4/c23-15-3-6-18(17(11-15)22(25,26)27)28-19(30)12-33-21(32)14-7-9-29(10-8-14)20(31)13-1-4-16(24)5-2-13/h1-6,11,14H,7-10,12H2,(H,28,30). The van der Waals surface area contributed by atoms with Crippen LogP contribution in [-0.2, 0) is 20.5 Å². The van der Waals surface area contributed by atoms with Crippen LogP contribution in [0.4, 0.5) is 23.2 Å². The minimum absolute atomic E-state index is 0.143. The van der Waals surface area contributed by atoms with Crippen molar-refractivity contribution in [3.8, 4) is 0 Å². The summed E-state index contributed by atoms with van der Waals surface area (Å²) < 4.78 is 57.3. The van der Waals surface area contributed by atoms with Crippen molar-refractivity contribution in [2.75, 3.05) is 25.0 Å². The van der Waals surface area contributed by atoms with E-state index >= 15 is 0 Å². The first-order valence-electron chi connectivity index (χ1n) is 9.92. The molecular weight excluding hydrogens is 468 g/mol. The molecule has 3 rings (SSSR count). The molecule has 2 aromatic carbocycles. The minimum Gasteiger partial charge on any atom is -0.455 e. The molecule has 1 N–H and O–H groups in total. The topological polar surface area (TPSA) is 75.7 Å². The second-order valence-electron chi connectivity index (χ2n) is 7.42. The Bertz CT molecular complexity index is 1040. The number of hydrogen-bond donors (Lipinski definition) is 1. The summed E-state index contributed by atoms with van der Waals surface area (Å²) in [4.78, 5) is 38.3. The Morgan fingerprint density at radius 1 is 1.06 bits per heavy atom. The highest BCUT2D eigenvalue weighted by molar-refractivity contribution is 6.30. The lowest BCUT2D eigenvalue weighted by Gasteiger charge is -2.31. The van der Waals surface area contributed by atoms with Gasteiger partial charge in [-0.3, -0.25) is 14.4 Å². The number of nitrogens with one attached hydrogen (secondary N) is 1. The van der Waals surface area contributed by atoms with Crippen LogP contribution in [0, 0.1) is 11.7 Å². The van der Waals surface area contributed by atoms with Gasteiger partial charge in [0.15, 0.2) is 6.61 Å². The minimum atomic E-state index is -4.73. The molecule has 0 aliphatic carbocycles. The largest absolute Gasteiger partial charge is 0.455 e. The predicted molar refractivity (Wildman–Crippen MR) is 111 cm³/mol. The molecule has 0 saturated carbocycles. The fourth-order valence-corrected chi connectivity index (χ4v) is 3.57. The van der Waals surface area contributed by atoms with Crippen molar-refractivity contribution in [1.82, 2.24) is 4.90 Å². The van der Waals surface area contributed by atoms with Crippen LogP contribution < -0.4 is 5.32 Å². The molecular formula is C22H19ClF4N2O4. The van der Waals surface area contributed by atoms with Crippen LogP contribution >= 0.6 is 11.6 Å². The summed E-state index contributed by atoms with van der Waals surface area (Å²) in [5.41, 5.74) is -1.29. The summed E-state index contributed by atoms with van der Waals surface area (Å²) in [6.07, 6.45) is -4.14. The van der Waals surface area contributed by atoms with Gasteiger partial charge in [0.25, 0.3) is 11.8 Å². The highest BCUT2D eigenvalue weighted by atomic mass is 35.5. The number of benzene rings is 2. The van der Waals surface area contributed by atoms with Crippen LogP contribution in [-0.4, -0.2) is 42.4 Å². The molecule has 0 spiro atoms. The zero-order chi connectivity index (χ0) is 24.2.